The highest BCUT2D eigenvalue weighted by atomic mass is 35.5. The highest BCUT2D eigenvalue weighted by Gasteiger charge is 2.33. The van der Waals surface area contributed by atoms with Crippen molar-refractivity contribution in [2.75, 3.05) is 26.3 Å². The summed E-state index contributed by atoms with van der Waals surface area (Å²) in [6.45, 7) is 4.38. The van der Waals surface area contributed by atoms with Gasteiger partial charge in [0.25, 0.3) is 0 Å². The van der Waals surface area contributed by atoms with Gasteiger partial charge in [0.15, 0.2) is 0 Å². The molecule has 6 heteroatoms. The van der Waals surface area contributed by atoms with Gasteiger partial charge < -0.3 is 9.05 Å². The number of alkyl halides is 1. The average molecular weight is 403 g/mol. The van der Waals surface area contributed by atoms with Gasteiger partial charge in [-0.3, -0.25) is 9.36 Å². The van der Waals surface area contributed by atoms with Crippen molar-refractivity contribution in [3.05, 3.63) is 35.9 Å². The van der Waals surface area contributed by atoms with Crippen molar-refractivity contribution in [2.45, 2.75) is 46.0 Å². The fourth-order valence-electron chi connectivity index (χ4n) is 3.24. The van der Waals surface area contributed by atoms with Crippen LogP contribution in [0, 0.1) is 11.3 Å². The molecule has 26 heavy (non-hydrogen) atoms. The zero-order valence-electron chi connectivity index (χ0n) is 16.4. The van der Waals surface area contributed by atoms with E-state index in [9.17, 15) is 9.36 Å². The van der Waals surface area contributed by atoms with E-state index in [1.54, 1.807) is 0 Å². The van der Waals surface area contributed by atoms with Crippen LogP contribution in [0.2, 0.25) is 0 Å². The SMILES string of the molecule is COP(=O)(CC(=O)C[C@H](CCc1ccccc1)C(C)(C)CCCCl)OC. The number of carbonyl (C=O) groups excluding carboxylic acids is 1. The Morgan fingerprint density at radius 3 is 2.35 bits per heavy atom. The maximum absolute atomic E-state index is 12.6. The van der Waals surface area contributed by atoms with Gasteiger partial charge in [-0.25, -0.2) is 0 Å². The van der Waals surface area contributed by atoms with E-state index in [2.05, 4.69) is 26.0 Å². The summed E-state index contributed by atoms with van der Waals surface area (Å²) >= 11 is 5.88. The van der Waals surface area contributed by atoms with Crippen molar-refractivity contribution in [2.24, 2.45) is 11.3 Å². The molecule has 1 aromatic carbocycles. The van der Waals surface area contributed by atoms with Crippen molar-refractivity contribution >= 4 is 25.0 Å². The third kappa shape index (κ3) is 7.92. The normalized spacial score (nSPS) is 13.6. The molecule has 0 heterocycles. The minimum Gasteiger partial charge on any atom is -0.312 e. The Hall–Kier alpha value is -0.670. The van der Waals surface area contributed by atoms with Crippen LogP contribution < -0.4 is 0 Å². The zero-order valence-corrected chi connectivity index (χ0v) is 18.0. The molecule has 0 aliphatic rings. The van der Waals surface area contributed by atoms with Gasteiger partial charge in [-0.15, -0.1) is 11.6 Å². The maximum atomic E-state index is 12.6. The fourth-order valence-corrected chi connectivity index (χ4v) is 4.34. The third-order valence-electron chi connectivity index (χ3n) is 5.08. The predicted octanol–water partition coefficient (Wildman–Crippen LogP) is 5.73. The summed E-state index contributed by atoms with van der Waals surface area (Å²) in [5.74, 6) is 0.723. The molecule has 1 rings (SSSR count). The molecular weight excluding hydrogens is 371 g/mol. The molecule has 0 saturated heterocycles. The molecule has 4 nitrogen and oxygen atoms in total. The number of rotatable bonds is 13. The van der Waals surface area contributed by atoms with Crippen LogP contribution in [0.25, 0.3) is 0 Å². The molecule has 0 radical (unpaired) electrons. The van der Waals surface area contributed by atoms with Gasteiger partial charge in [0.1, 0.15) is 11.9 Å². The van der Waals surface area contributed by atoms with Crippen LogP contribution in [-0.2, 0) is 24.8 Å². The summed E-state index contributed by atoms with van der Waals surface area (Å²) < 4.78 is 22.1. The quantitative estimate of drug-likeness (QED) is 0.312. The summed E-state index contributed by atoms with van der Waals surface area (Å²) in [5.41, 5.74) is 1.24. The Bertz CT molecular complexity index is 581. The highest BCUT2D eigenvalue weighted by molar-refractivity contribution is 7.54. The molecule has 0 amide bonds. The number of aryl methyl sites for hydroxylation is 1. The van der Waals surface area contributed by atoms with E-state index in [1.165, 1.54) is 19.8 Å². The maximum Gasteiger partial charge on any atom is 0.337 e. The first kappa shape index (κ1) is 23.4. The number of benzene rings is 1. The molecule has 0 saturated carbocycles. The lowest BCUT2D eigenvalue weighted by atomic mass is 9.71. The highest BCUT2D eigenvalue weighted by Crippen LogP contribution is 2.47. The Morgan fingerprint density at radius 1 is 1.19 bits per heavy atom. The first-order valence-corrected chi connectivity index (χ1v) is 11.3. The number of halogens is 1. The second-order valence-corrected chi connectivity index (χ2v) is 10.0. The number of hydrogen-bond donors (Lipinski definition) is 0. The van der Waals surface area contributed by atoms with Crippen LogP contribution in [0.4, 0.5) is 0 Å². The van der Waals surface area contributed by atoms with Crippen molar-refractivity contribution in [3.8, 4) is 0 Å². The van der Waals surface area contributed by atoms with Crippen molar-refractivity contribution in [1.82, 2.24) is 0 Å². The smallest absolute Gasteiger partial charge is 0.312 e. The molecule has 0 fully saturated rings. The van der Waals surface area contributed by atoms with Gasteiger partial charge in [-0.2, -0.15) is 0 Å². The monoisotopic (exact) mass is 402 g/mol. The molecular formula is C20H32ClO4P. The molecule has 0 unspecified atom stereocenters. The molecule has 0 spiro atoms. The Labute approximate surface area is 163 Å². The van der Waals surface area contributed by atoms with Crippen LogP contribution in [0.15, 0.2) is 30.3 Å². The van der Waals surface area contributed by atoms with Crippen LogP contribution in [0.1, 0.15) is 45.1 Å². The first-order valence-electron chi connectivity index (χ1n) is 9.08. The Morgan fingerprint density at radius 2 is 1.81 bits per heavy atom. The number of ketones is 1. The minimum absolute atomic E-state index is 0.0243. The van der Waals surface area contributed by atoms with Crippen molar-refractivity contribution in [1.29, 1.82) is 0 Å². The van der Waals surface area contributed by atoms with Gasteiger partial charge in [-0.05, 0) is 42.6 Å². The molecule has 148 valence electrons. The lowest BCUT2D eigenvalue weighted by Gasteiger charge is -2.34. The second kappa shape index (κ2) is 11.2. The van der Waals surface area contributed by atoms with Gasteiger partial charge in [0.2, 0.25) is 0 Å². The Balaban J connectivity index is 2.82. The van der Waals surface area contributed by atoms with Gasteiger partial charge in [-0.1, -0.05) is 44.2 Å². The van der Waals surface area contributed by atoms with Crippen LogP contribution in [-0.4, -0.2) is 32.0 Å². The summed E-state index contributed by atoms with van der Waals surface area (Å²) in [6, 6.07) is 10.3. The van der Waals surface area contributed by atoms with Crippen LogP contribution in [0.5, 0.6) is 0 Å². The van der Waals surface area contributed by atoms with Crippen molar-refractivity contribution in [3.63, 3.8) is 0 Å². The summed E-state index contributed by atoms with van der Waals surface area (Å²) in [5, 5.41) is 0. The lowest BCUT2D eigenvalue weighted by molar-refractivity contribution is -0.118. The average Bonchev–Trinajstić information content (AvgIpc) is 2.64. The van der Waals surface area contributed by atoms with E-state index in [4.69, 9.17) is 20.6 Å². The molecule has 0 aliphatic carbocycles. The Kier molecular flexibility index (Phi) is 10.1. The number of Topliss-reactive ketones (excluding diaryl/α,β-unsaturated/α-hetero) is 1. The number of carbonyl (C=O) groups is 1. The van der Waals surface area contributed by atoms with Gasteiger partial charge in [0, 0.05) is 26.5 Å². The molecule has 1 atom stereocenters. The third-order valence-corrected chi connectivity index (χ3v) is 7.20. The van der Waals surface area contributed by atoms with Crippen LogP contribution in [0.3, 0.4) is 0 Å². The van der Waals surface area contributed by atoms with E-state index in [1.807, 2.05) is 18.2 Å². The lowest BCUT2D eigenvalue weighted by Crippen LogP contribution is -2.28. The van der Waals surface area contributed by atoms with Gasteiger partial charge in [0.05, 0.1) is 0 Å². The van der Waals surface area contributed by atoms with E-state index >= 15 is 0 Å². The number of hydrogen-bond acceptors (Lipinski definition) is 4. The minimum atomic E-state index is -3.31. The van der Waals surface area contributed by atoms with E-state index in [0.717, 1.165) is 25.7 Å². The summed E-state index contributed by atoms with van der Waals surface area (Å²) in [7, 11) is -0.686. The summed E-state index contributed by atoms with van der Waals surface area (Å²) in [4.78, 5) is 12.6. The zero-order chi connectivity index (χ0) is 19.6. The molecule has 0 N–H and O–H groups in total. The van der Waals surface area contributed by atoms with Crippen LogP contribution >= 0.6 is 19.2 Å². The van der Waals surface area contributed by atoms with Gasteiger partial charge >= 0.3 is 7.60 Å². The van der Waals surface area contributed by atoms with E-state index in [0.29, 0.717) is 12.3 Å². The standard InChI is InChI=1S/C20H32ClO4P/c1-20(2,13-8-14-21)18(12-11-17-9-6-5-7-10-17)15-19(22)16-26(23,24-3)25-4/h5-7,9-10,18H,8,11-16H2,1-4H3/t18-/m0/s1. The van der Waals surface area contributed by atoms with Crippen molar-refractivity contribution < 1.29 is 18.4 Å². The predicted molar refractivity (Wildman–Crippen MR) is 108 cm³/mol. The topological polar surface area (TPSA) is 52.6 Å². The molecule has 0 aromatic heterocycles. The largest absolute Gasteiger partial charge is 0.337 e. The molecule has 0 bridgehead atoms. The molecule has 1 aromatic rings. The van der Waals surface area contributed by atoms with E-state index in [-0.39, 0.29) is 23.3 Å². The molecule has 0 aliphatic heterocycles. The second-order valence-electron chi connectivity index (χ2n) is 7.38. The van der Waals surface area contributed by atoms with E-state index < -0.39 is 7.60 Å². The fraction of sp³-hybridized carbons (Fsp3) is 0.650. The summed E-state index contributed by atoms with van der Waals surface area (Å²) in [6.07, 6.45) is 3.88. The first-order chi connectivity index (χ1) is 12.3.